The number of H-pyrrole nitrogens is 2. The number of pyridine rings is 2. The number of rotatable bonds is 18. The number of carbonyl (C=O) groups excluding carboxylic acids is 1. The molecule has 4 aromatic heterocycles. The quantitative estimate of drug-likeness (QED) is 0.0520. The van der Waals surface area contributed by atoms with Crippen LogP contribution in [0, 0.1) is 0 Å². The van der Waals surface area contributed by atoms with Crippen LogP contribution >= 0.6 is 31.9 Å². The van der Waals surface area contributed by atoms with E-state index in [-0.39, 0.29) is 19.2 Å². The van der Waals surface area contributed by atoms with Crippen LogP contribution in [0.15, 0.2) is 106 Å². The van der Waals surface area contributed by atoms with Crippen molar-refractivity contribution in [2.24, 2.45) is 0 Å². The summed E-state index contributed by atoms with van der Waals surface area (Å²) in [6, 6.07) is 26.8. The second-order valence-electron chi connectivity index (χ2n) is 14.1. The zero-order chi connectivity index (χ0) is 42.6. The SMILES string of the molecule is COc1cccc(CNCC(O)COc2ccc(-c3nc4ncc(Br)cc4[nH]3)cc2)c1.O=C1NCCN1CCNCC(O)COc1ccc(-c2nc3ncc(Br)cc3[nH]2)cc1. The number of amides is 2. The Bertz CT molecular complexity index is 2500. The molecule has 1 fully saturated rings. The number of hydrogen-bond donors (Lipinski definition) is 7. The molecule has 1 saturated heterocycles. The van der Waals surface area contributed by atoms with Crippen LogP contribution in [0.5, 0.6) is 17.2 Å². The minimum Gasteiger partial charge on any atom is -0.497 e. The lowest BCUT2D eigenvalue weighted by Crippen LogP contribution is -2.38. The van der Waals surface area contributed by atoms with Gasteiger partial charge in [-0.1, -0.05) is 12.1 Å². The fourth-order valence-corrected chi connectivity index (χ4v) is 6.98. The van der Waals surface area contributed by atoms with Crippen LogP contribution < -0.4 is 30.2 Å². The zero-order valence-electron chi connectivity index (χ0n) is 33.3. The predicted molar refractivity (Wildman–Crippen MR) is 240 cm³/mol. The molecule has 61 heavy (non-hydrogen) atoms. The summed E-state index contributed by atoms with van der Waals surface area (Å²) < 4.78 is 18.4. The van der Waals surface area contributed by atoms with Crippen molar-refractivity contribution < 1.29 is 29.2 Å². The molecule has 18 heteroatoms. The maximum Gasteiger partial charge on any atom is 0.317 e. The van der Waals surface area contributed by atoms with Crippen molar-refractivity contribution in [1.82, 2.24) is 50.8 Å². The second kappa shape index (κ2) is 21.2. The highest BCUT2D eigenvalue weighted by Gasteiger charge is 2.18. The summed E-state index contributed by atoms with van der Waals surface area (Å²) in [6.07, 6.45) is 2.18. The van der Waals surface area contributed by atoms with Crippen LogP contribution in [0.25, 0.3) is 45.1 Å². The van der Waals surface area contributed by atoms with Gasteiger partial charge in [0.15, 0.2) is 11.3 Å². The highest BCUT2D eigenvalue weighted by atomic mass is 79.9. The lowest BCUT2D eigenvalue weighted by Gasteiger charge is -2.16. The normalized spacial score (nSPS) is 13.5. The molecular weight excluding hydrogens is 912 g/mol. The number of methoxy groups -OCH3 is 1. The van der Waals surface area contributed by atoms with Gasteiger partial charge >= 0.3 is 6.03 Å². The number of benzene rings is 3. The number of ether oxygens (including phenoxy) is 3. The van der Waals surface area contributed by atoms with Gasteiger partial charge in [-0.2, -0.15) is 0 Å². The second-order valence-corrected chi connectivity index (χ2v) is 15.9. The number of hydrogen-bond acceptors (Lipinski definition) is 12. The molecule has 7 aromatic rings. The molecule has 0 radical (unpaired) electrons. The zero-order valence-corrected chi connectivity index (χ0v) is 36.4. The van der Waals surface area contributed by atoms with Crippen molar-refractivity contribution >= 4 is 60.2 Å². The monoisotopic (exact) mass is 956 g/mol. The molecule has 0 saturated carbocycles. The molecule has 0 spiro atoms. The Balaban J connectivity index is 0.000000184. The number of nitrogens with zero attached hydrogens (tertiary/aromatic N) is 5. The Labute approximate surface area is 368 Å². The van der Waals surface area contributed by atoms with Crippen molar-refractivity contribution in [3.63, 3.8) is 0 Å². The summed E-state index contributed by atoms with van der Waals surface area (Å²) in [5.74, 6) is 3.65. The smallest absolute Gasteiger partial charge is 0.317 e. The molecule has 1 aliphatic heterocycles. The van der Waals surface area contributed by atoms with Crippen molar-refractivity contribution in [3.05, 3.63) is 112 Å². The number of aromatic amines is 2. The lowest BCUT2D eigenvalue weighted by atomic mass is 10.2. The number of aliphatic hydroxyl groups is 2. The number of aromatic nitrogens is 6. The molecule has 0 bridgehead atoms. The Morgan fingerprint density at radius 3 is 1.84 bits per heavy atom. The molecule has 1 aliphatic rings. The fraction of sp³-hybridized carbons (Fsp3) is 0.279. The van der Waals surface area contributed by atoms with Crippen molar-refractivity contribution in [1.29, 1.82) is 0 Å². The third-order valence-electron chi connectivity index (χ3n) is 9.48. The maximum absolute atomic E-state index is 11.4. The molecular formula is C43H46Br2N10O6. The van der Waals surface area contributed by atoms with Crippen LogP contribution in [0.4, 0.5) is 4.79 Å². The first-order valence-corrected chi connectivity index (χ1v) is 21.2. The number of fused-ring (bicyclic) bond motifs is 2. The predicted octanol–water partition coefficient (Wildman–Crippen LogP) is 5.67. The van der Waals surface area contributed by atoms with Gasteiger partial charge in [-0.3, -0.25) is 0 Å². The Morgan fingerprint density at radius 2 is 1.31 bits per heavy atom. The van der Waals surface area contributed by atoms with Gasteiger partial charge in [0.05, 0.1) is 18.1 Å². The molecule has 318 valence electrons. The Kier molecular flexibility index (Phi) is 15.1. The van der Waals surface area contributed by atoms with E-state index < -0.39 is 12.2 Å². The highest BCUT2D eigenvalue weighted by Crippen LogP contribution is 2.25. The van der Waals surface area contributed by atoms with E-state index in [2.05, 4.69) is 77.7 Å². The van der Waals surface area contributed by atoms with Crippen molar-refractivity contribution in [3.8, 4) is 40.0 Å². The van der Waals surface area contributed by atoms with E-state index in [9.17, 15) is 15.0 Å². The maximum atomic E-state index is 11.4. The molecule has 8 rings (SSSR count). The van der Waals surface area contributed by atoms with Gasteiger partial charge in [0, 0.05) is 78.3 Å². The van der Waals surface area contributed by atoms with E-state index in [0.717, 1.165) is 60.6 Å². The number of urea groups is 1. The third-order valence-corrected chi connectivity index (χ3v) is 10.3. The minimum absolute atomic E-state index is 0.0316. The lowest BCUT2D eigenvalue weighted by molar-refractivity contribution is 0.106. The van der Waals surface area contributed by atoms with E-state index in [1.54, 1.807) is 24.4 Å². The molecule has 7 N–H and O–H groups in total. The van der Waals surface area contributed by atoms with E-state index >= 15 is 0 Å². The van der Waals surface area contributed by atoms with E-state index in [1.807, 2.05) is 84.9 Å². The number of nitrogens with one attached hydrogen (secondary N) is 5. The number of imidazole rings is 2. The summed E-state index contributed by atoms with van der Waals surface area (Å²) >= 11 is 6.82. The molecule has 5 heterocycles. The molecule has 16 nitrogen and oxygen atoms in total. The summed E-state index contributed by atoms with van der Waals surface area (Å²) in [5, 5.41) is 29.4. The van der Waals surface area contributed by atoms with Gasteiger partial charge in [-0.15, -0.1) is 0 Å². The Hall–Kier alpha value is -5.63. The topological polar surface area (TPSA) is 208 Å². The molecule has 3 aromatic carbocycles. The van der Waals surface area contributed by atoms with Gasteiger partial charge in [-0.25, -0.2) is 24.7 Å². The highest BCUT2D eigenvalue weighted by molar-refractivity contribution is 9.10. The Morgan fingerprint density at radius 1 is 0.754 bits per heavy atom. The first-order chi connectivity index (χ1) is 29.7. The van der Waals surface area contributed by atoms with Crippen LogP contribution in [-0.4, -0.2) is 123 Å². The fourth-order valence-electron chi connectivity index (χ4n) is 6.32. The molecule has 0 aliphatic carbocycles. The first-order valence-electron chi connectivity index (χ1n) is 19.6. The largest absolute Gasteiger partial charge is 0.497 e. The van der Waals surface area contributed by atoms with E-state index in [0.29, 0.717) is 62.1 Å². The standard InChI is InChI=1S/C23H23BrN4O3.C20H23BrN6O3/c1-30-20-4-2-3-15(9-20)11-25-13-18(29)14-31-19-7-5-16(6-8-19)22-27-21-10-17(24)12-26-23(21)28-22;21-14-9-17-19(24-10-14)26-18(25-17)13-1-3-16(4-2-13)30-12-15(28)11-22-5-7-27-8-6-23-20(27)29/h2-10,12,18,25,29H,11,13-14H2,1H3,(H,26,27,28);1-4,9-10,15,22,28H,5-8,11-12H2,(H,23,29)(H,24,25,26). The van der Waals surface area contributed by atoms with Crippen LogP contribution in [0.1, 0.15) is 5.56 Å². The number of carbonyl (C=O) groups is 1. The van der Waals surface area contributed by atoms with E-state index in [1.165, 1.54) is 0 Å². The number of aliphatic hydroxyl groups excluding tert-OH is 2. The van der Waals surface area contributed by atoms with Crippen LogP contribution in [-0.2, 0) is 6.54 Å². The molecule has 2 unspecified atom stereocenters. The van der Waals surface area contributed by atoms with Crippen molar-refractivity contribution in [2.75, 3.05) is 59.6 Å². The first kappa shape index (κ1) is 43.5. The van der Waals surface area contributed by atoms with Gasteiger partial charge in [0.1, 0.15) is 54.3 Å². The van der Waals surface area contributed by atoms with Gasteiger partial charge in [0.2, 0.25) is 0 Å². The minimum atomic E-state index is -0.642. The van der Waals surface area contributed by atoms with Gasteiger partial charge in [0.25, 0.3) is 0 Å². The van der Waals surface area contributed by atoms with Crippen LogP contribution in [0.2, 0.25) is 0 Å². The average Bonchev–Trinajstić information content (AvgIpc) is 4.02. The van der Waals surface area contributed by atoms with E-state index in [4.69, 9.17) is 14.2 Å². The van der Waals surface area contributed by atoms with Gasteiger partial charge < -0.3 is 55.2 Å². The van der Waals surface area contributed by atoms with Gasteiger partial charge in [-0.05, 0) is 110 Å². The summed E-state index contributed by atoms with van der Waals surface area (Å²) in [7, 11) is 1.65. The summed E-state index contributed by atoms with van der Waals surface area (Å²) in [4.78, 5) is 37.3. The number of halogens is 2. The third kappa shape index (κ3) is 12.5. The summed E-state index contributed by atoms with van der Waals surface area (Å²) in [6.45, 7) is 4.52. The molecule has 2 atom stereocenters. The molecule has 2 amide bonds. The van der Waals surface area contributed by atoms with Crippen LogP contribution in [0.3, 0.4) is 0 Å². The van der Waals surface area contributed by atoms with Crippen molar-refractivity contribution in [2.45, 2.75) is 18.8 Å². The average molecular weight is 959 g/mol. The summed E-state index contributed by atoms with van der Waals surface area (Å²) in [5.41, 5.74) is 6.01.